The third-order valence-corrected chi connectivity index (χ3v) is 6.39. The second kappa shape index (κ2) is 7.68. The second-order valence-electron chi connectivity index (χ2n) is 8.37. The standard InChI is InChI=1S/C22H27N7O/c1-28-13-14(12-23-28)18-6-7-19(25-22(18)30-3)20-8-9-21(27-26-20)29(2)17-10-15-4-5-16(11-17)24-15/h6-9,12-13,15-17,24H,4-5,10-11H2,1-3H3/p+1. The van der Waals surface area contributed by atoms with Crippen LogP contribution < -0.4 is 19.6 Å². The molecule has 2 N–H and O–H groups in total. The molecule has 8 nitrogen and oxygen atoms in total. The molecular weight excluding hydrogens is 378 g/mol. The number of rotatable bonds is 5. The highest BCUT2D eigenvalue weighted by Gasteiger charge is 2.35. The summed E-state index contributed by atoms with van der Waals surface area (Å²) in [5.41, 5.74) is 3.44. The summed E-state index contributed by atoms with van der Waals surface area (Å²) in [6, 6.07) is 9.83. The van der Waals surface area contributed by atoms with Crippen LogP contribution in [0.3, 0.4) is 0 Å². The van der Waals surface area contributed by atoms with Crippen molar-refractivity contribution in [3.05, 3.63) is 36.7 Å². The zero-order chi connectivity index (χ0) is 20.7. The van der Waals surface area contributed by atoms with Crippen molar-refractivity contribution in [1.29, 1.82) is 0 Å². The van der Waals surface area contributed by atoms with Crippen LogP contribution >= 0.6 is 0 Å². The lowest BCUT2D eigenvalue weighted by atomic mass is 9.98. The quantitative estimate of drug-likeness (QED) is 0.632. The molecule has 2 aliphatic heterocycles. The number of fused-ring (bicyclic) bond motifs is 2. The molecule has 156 valence electrons. The van der Waals surface area contributed by atoms with Gasteiger partial charge in [0.1, 0.15) is 5.69 Å². The maximum Gasteiger partial charge on any atom is 0.221 e. The molecule has 0 aliphatic carbocycles. The van der Waals surface area contributed by atoms with Crippen molar-refractivity contribution in [3.8, 4) is 28.4 Å². The van der Waals surface area contributed by atoms with Gasteiger partial charge in [0.2, 0.25) is 12.1 Å². The fourth-order valence-electron chi connectivity index (χ4n) is 4.74. The number of aryl methyl sites for hydroxylation is 1. The van der Waals surface area contributed by atoms with E-state index in [9.17, 15) is 0 Å². The molecule has 8 heteroatoms. The number of nitrogens with one attached hydrogen (secondary N) is 2. The Balaban J connectivity index is 1.36. The van der Waals surface area contributed by atoms with Gasteiger partial charge in [0, 0.05) is 25.2 Å². The van der Waals surface area contributed by atoms with E-state index in [-0.39, 0.29) is 0 Å². The summed E-state index contributed by atoms with van der Waals surface area (Å²) in [7, 11) is 5.71. The van der Waals surface area contributed by atoms with Gasteiger partial charge in [-0.05, 0) is 49.9 Å². The number of methoxy groups -OCH3 is 1. The molecule has 30 heavy (non-hydrogen) atoms. The maximum absolute atomic E-state index is 5.54. The van der Waals surface area contributed by atoms with E-state index in [0.717, 1.165) is 28.3 Å². The highest BCUT2D eigenvalue weighted by molar-refractivity contribution is 5.70. The number of aromatic amines is 1. The lowest BCUT2D eigenvalue weighted by Crippen LogP contribution is -2.47. The van der Waals surface area contributed by atoms with Crippen LogP contribution in [0.25, 0.3) is 22.5 Å². The van der Waals surface area contributed by atoms with Gasteiger partial charge in [-0.3, -0.25) is 0 Å². The third-order valence-electron chi connectivity index (χ3n) is 6.39. The van der Waals surface area contributed by atoms with Crippen LogP contribution in [0.15, 0.2) is 36.7 Å². The van der Waals surface area contributed by atoms with E-state index < -0.39 is 0 Å². The van der Waals surface area contributed by atoms with E-state index in [1.807, 2.05) is 48.4 Å². The van der Waals surface area contributed by atoms with Gasteiger partial charge in [-0.25, -0.2) is 4.98 Å². The molecule has 2 fully saturated rings. The average molecular weight is 407 g/mol. The number of hydrogen-bond donors (Lipinski definition) is 2. The van der Waals surface area contributed by atoms with E-state index in [1.54, 1.807) is 7.11 Å². The molecule has 0 saturated carbocycles. The molecule has 2 unspecified atom stereocenters. The fourth-order valence-corrected chi connectivity index (χ4v) is 4.74. The van der Waals surface area contributed by atoms with Crippen LogP contribution in [-0.2, 0) is 7.05 Å². The lowest BCUT2D eigenvalue weighted by molar-refractivity contribution is -0.726. The van der Waals surface area contributed by atoms with Crippen LogP contribution in [0.5, 0.6) is 5.88 Å². The molecule has 0 spiro atoms. The van der Waals surface area contributed by atoms with E-state index in [0.29, 0.717) is 24.0 Å². The molecular formula is C22H28N7O+. The van der Waals surface area contributed by atoms with E-state index in [4.69, 9.17) is 4.74 Å². The summed E-state index contributed by atoms with van der Waals surface area (Å²) in [5, 5.41) is 15.8. The van der Waals surface area contributed by atoms with Crippen molar-refractivity contribution in [1.82, 2.24) is 25.6 Å². The van der Waals surface area contributed by atoms with Crippen LogP contribution in [-0.4, -0.2) is 52.6 Å². The third kappa shape index (κ3) is 3.52. The maximum atomic E-state index is 5.54. The molecule has 0 aromatic carbocycles. The van der Waals surface area contributed by atoms with Gasteiger partial charge < -0.3 is 15.0 Å². The summed E-state index contributed by atoms with van der Waals surface area (Å²) in [6.07, 6.45) is 8.86. The molecule has 2 aliphatic rings. The Morgan fingerprint density at radius 3 is 2.47 bits per heavy atom. The fraction of sp³-hybridized carbons (Fsp3) is 0.455. The monoisotopic (exact) mass is 406 g/mol. The van der Waals surface area contributed by atoms with Gasteiger partial charge in [0.05, 0.1) is 30.1 Å². The van der Waals surface area contributed by atoms with Gasteiger partial charge in [0.15, 0.2) is 12.9 Å². The molecule has 5 rings (SSSR count). The molecule has 2 saturated heterocycles. The van der Waals surface area contributed by atoms with Gasteiger partial charge in [-0.2, -0.15) is 5.10 Å². The Bertz CT molecular complexity index is 1020. The Morgan fingerprint density at radius 1 is 1.07 bits per heavy atom. The average Bonchev–Trinajstić information content (AvgIpc) is 3.37. The zero-order valence-corrected chi connectivity index (χ0v) is 17.7. The van der Waals surface area contributed by atoms with Gasteiger partial charge in [-0.15, -0.1) is 14.9 Å². The normalized spacial score (nSPS) is 22.8. The first-order valence-corrected chi connectivity index (χ1v) is 10.5. The van der Waals surface area contributed by atoms with Crippen LogP contribution in [0.4, 0.5) is 5.82 Å². The number of hydrogen-bond acceptors (Lipinski definition) is 6. The molecule has 5 heterocycles. The number of anilines is 1. The summed E-state index contributed by atoms with van der Waals surface area (Å²) in [4.78, 5) is 6.95. The number of piperidine rings is 1. The van der Waals surface area contributed by atoms with Crippen molar-refractivity contribution < 1.29 is 9.42 Å². The first-order chi connectivity index (χ1) is 14.6. The smallest absolute Gasteiger partial charge is 0.221 e. The van der Waals surface area contributed by atoms with Crippen LogP contribution in [0.2, 0.25) is 0 Å². The van der Waals surface area contributed by atoms with Crippen molar-refractivity contribution in [2.24, 2.45) is 7.05 Å². The highest BCUT2D eigenvalue weighted by Crippen LogP contribution is 2.32. The first kappa shape index (κ1) is 19.0. The van der Waals surface area contributed by atoms with E-state index in [1.165, 1.54) is 25.7 Å². The number of pyridine rings is 1. The Kier molecular flexibility index (Phi) is 4.86. The number of H-pyrrole nitrogens is 1. The van der Waals surface area contributed by atoms with E-state index >= 15 is 0 Å². The highest BCUT2D eigenvalue weighted by atomic mass is 16.5. The van der Waals surface area contributed by atoms with Crippen LogP contribution in [0.1, 0.15) is 25.7 Å². The Labute approximate surface area is 176 Å². The van der Waals surface area contributed by atoms with Gasteiger partial charge >= 0.3 is 0 Å². The molecule has 2 atom stereocenters. The molecule has 0 radical (unpaired) electrons. The lowest BCUT2D eigenvalue weighted by Gasteiger charge is -2.36. The summed E-state index contributed by atoms with van der Waals surface area (Å²) in [6.45, 7) is 0. The SMILES string of the molecule is COc1nc(-c2ccc(N(C)C3CC4CCC(C3)N4)nn2)ccc1-c1c[nH][n+](C)c1. The number of nitrogens with zero attached hydrogens (tertiary/aromatic N) is 5. The Morgan fingerprint density at radius 2 is 1.83 bits per heavy atom. The van der Waals surface area contributed by atoms with E-state index in [2.05, 4.69) is 37.5 Å². The van der Waals surface area contributed by atoms with Gasteiger partial charge in [0.25, 0.3) is 0 Å². The molecule has 3 aromatic heterocycles. The summed E-state index contributed by atoms with van der Waals surface area (Å²) < 4.78 is 7.43. The predicted molar refractivity (Wildman–Crippen MR) is 114 cm³/mol. The second-order valence-corrected chi connectivity index (χ2v) is 8.37. The van der Waals surface area contributed by atoms with Crippen molar-refractivity contribution in [2.75, 3.05) is 19.1 Å². The molecule has 3 aromatic rings. The number of aromatic nitrogens is 5. The molecule has 2 bridgehead atoms. The van der Waals surface area contributed by atoms with Crippen molar-refractivity contribution in [3.63, 3.8) is 0 Å². The minimum atomic E-state index is 0.518. The zero-order valence-electron chi connectivity index (χ0n) is 17.7. The minimum absolute atomic E-state index is 0.518. The topological polar surface area (TPSA) is 82.8 Å². The largest absolute Gasteiger partial charge is 0.481 e. The van der Waals surface area contributed by atoms with Crippen molar-refractivity contribution in [2.45, 2.75) is 43.8 Å². The summed E-state index contributed by atoms with van der Waals surface area (Å²) in [5.74, 6) is 1.48. The molecule has 0 amide bonds. The van der Waals surface area contributed by atoms with Crippen molar-refractivity contribution >= 4 is 5.82 Å². The Hall–Kier alpha value is -3.00. The minimum Gasteiger partial charge on any atom is -0.481 e. The van der Waals surface area contributed by atoms with Crippen LogP contribution in [0, 0.1) is 0 Å². The van der Waals surface area contributed by atoms with Gasteiger partial charge in [-0.1, -0.05) is 0 Å². The predicted octanol–water partition coefficient (Wildman–Crippen LogP) is 2.09. The first-order valence-electron chi connectivity index (χ1n) is 10.5. The number of ether oxygens (including phenoxy) is 1. The summed E-state index contributed by atoms with van der Waals surface area (Å²) >= 11 is 0.